The van der Waals surface area contributed by atoms with Crippen molar-refractivity contribution in [1.82, 2.24) is 4.90 Å². The van der Waals surface area contributed by atoms with Crippen molar-refractivity contribution in [2.24, 2.45) is 11.7 Å². The number of hydrogen-bond acceptors (Lipinski definition) is 4. The molecule has 1 saturated heterocycles. The third kappa shape index (κ3) is 5.14. The van der Waals surface area contributed by atoms with Crippen LogP contribution in [0.4, 0.5) is 0 Å². The maximum Gasteiger partial charge on any atom is 0.306 e. The minimum atomic E-state index is -0.105. The Balaban J connectivity index is 1.90. The van der Waals surface area contributed by atoms with Crippen LogP contribution in [0.25, 0.3) is 0 Å². The molecule has 2 N–H and O–H groups in total. The molecule has 116 valence electrons. The van der Waals surface area contributed by atoms with Crippen LogP contribution >= 0.6 is 0 Å². The molecular weight excluding hydrogens is 264 g/mol. The Morgan fingerprint density at radius 3 is 2.71 bits per heavy atom. The summed E-state index contributed by atoms with van der Waals surface area (Å²) >= 11 is 0. The Morgan fingerprint density at radius 1 is 1.33 bits per heavy atom. The summed E-state index contributed by atoms with van der Waals surface area (Å²) in [6.07, 6.45) is 1.38. The SMILES string of the molecule is CCOC(=O)CC1CC(N)CN(Cc2ccc(C)cc2)C1. The highest BCUT2D eigenvalue weighted by Crippen LogP contribution is 2.21. The van der Waals surface area contributed by atoms with E-state index in [1.54, 1.807) is 0 Å². The minimum Gasteiger partial charge on any atom is -0.466 e. The first-order chi connectivity index (χ1) is 10.1. The monoisotopic (exact) mass is 290 g/mol. The summed E-state index contributed by atoms with van der Waals surface area (Å²) in [6, 6.07) is 8.74. The van der Waals surface area contributed by atoms with Gasteiger partial charge in [0, 0.05) is 32.1 Å². The van der Waals surface area contributed by atoms with Gasteiger partial charge in [-0.3, -0.25) is 9.69 Å². The van der Waals surface area contributed by atoms with Crippen molar-refractivity contribution < 1.29 is 9.53 Å². The number of ether oxygens (including phenoxy) is 1. The lowest BCUT2D eigenvalue weighted by Gasteiger charge is -2.36. The number of rotatable bonds is 5. The molecule has 4 heteroatoms. The summed E-state index contributed by atoms with van der Waals surface area (Å²) in [4.78, 5) is 14.0. The Bertz CT molecular complexity index is 458. The topological polar surface area (TPSA) is 55.6 Å². The molecule has 0 aromatic heterocycles. The molecule has 2 rings (SSSR count). The van der Waals surface area contributed by atoms with E-state index >= 15 is 0 Å². The number of piperidine rings is 1. The molecule has 1 aromatic rings. The largest absolute Gasteiger partial charge is 0.466 e. The molecule has 1 aliphatic heterocycles. The van der Waals surface area contributed by atoms with Gasteiger partial charge in [0.15, 0.2) is 0 Å². The first-order valence-corrected chi connectivity index (χ1v) is 7.76. The van der Waals surface area contributed by atoms with Crippen LogP contribution in [0.1, 0.15) is 30.9 Å². The number of nitrogens with two attached hydrogens (primary N) is 1. The van der Waals surface area contributed by atoms with Gasteiger partial charge in [0.2, 0.25) is 0 Å². The van der Waals surface area contributed by atoms with Gasteiger partial charge in [-0.2, -0.15) is 0 Å². The number of likely N-dealkylation sites (tertiary alicyclic amines) is 1. The van der Waals surface area contributed by atoms with Crippen LogP contribution in [-0.2, 0) is 16.1 Å². The van der Waals surface area contributed by atoms with Crippen LogP contribution in [0, 0.1) is 12.8 Å². The molecule has 1 heterocycles. The van der Waals surface area contributed by atoms with Crippen LogP contribution in [0.15, 0.2) is 24.3 Å². The fourth-order valence-electron chi connectivity index (χ4n) is 3.03. The first kappa shape index (κ1) is 16.0. The molecule has 0 saturated carbocycles. The van der Waals surface area contributed by atoms with Gasteiger partial charge >= 0.3 is 5.97 Å². The average molecular weight is 290 g/mol. The summed E-state index contributed by atoms with van der Waals surface area (Å²) in [5, 5.41) is 0. The van der Waals surface area contributed by atoms with Gasteiger partial charge in [0.25, 0.3) is 0 Å². The number of esters is 1. The Hall–Kier alpha value is -1.39. The highest BCUT2D eigenvalue weighted by Gasteiger charge is 2.27. The molecule has 21 heavy (non-hydrogen) atoms. The van der Waals surface area contributed by atoms with Crippen molar-refractivity contribution in [1.29, 1.82) is 0 Å². The molecule has 0 spiro atoms. The van der Waals surface area contributed by atoms with E-state index < -0.39 is 0 Å². The summed E-state index contributed by atoms with van der Waals surface area (Å²) in [5.41, 5.74) is 8.72. The minimum absolute atomic E-state index is 0.105. The van der Waals surface area contributed by atoms with Crippen LogP contribution in [0.3, 0.4) is 0 Å². The van der Waals surface area contributed by atoms with E-state index in [2.05, 4.69) is 36.1 Å². The Kier molecular flexibility index (Phi) is 5.76. The smallest absolute Gasteiger partial charge is 0.306 e. The molecule has 2 atom stereocenters. The van der Waals surface area contributed by atoms with Crippen molar-refractivity contribution in [3.8, 4) is 0 Å². The van der Waals surface area contributed by atoms with Gasteiger partial charge < -0.3 is 10.5 Å². The van der Waals surface area contributed by atoms with E-state index in [-0.39, 0.29) is 12.0 Å². The predicted molar refractivity (Wildman–Crippen MR) is 83.8 cm³/mol. The third-order valence-electron chi connectivity index (χ3n) is 3.93. The van der Waals surface area contributed by atoms with Gasteiger partial charge in [-0.05, 0) is 31.7 Å². The number of aryl methyl sites for hydroxylation is 1. The fourth-order valence-corrected chi connectivity index (χ4v) is 3.03. The Morgan fingerprint density at radius 2 is 2.05 bits per heavy atom. The van der Waals surface area contributed by atoms with Gasteiger partial charge in [0.05, 0.1) is 6.61 Å². The second-order valence-corrected chi connectivity index (χ2v) is 6.05. The first-order valence-electron chi connectivity index (χ1n) is 7.76. The number of carbonyl (C=O) groups excluding carboxylic acids is 1. The molecule has 1 aliphatic rings. The number of benzene rings is 1. The van der Waals surface area contributed by atoms with Crippen LogP contribution < -0.4 is 5.73 Å². The van der Waals surface area contributed by atoms with E-state index in [4.69, 9.17) is 10.5 Å². The fraction of sp³-hybridized carbons (Fsp3) is 0.588. The molecule has 2 unspecified atom stereocenters. The maximum atomic E-state index is 11.6. The summed E-state index contributed by atoms with van der Waals surface area (Å²) < 4.78 is 5.05. The van der Waals surface area contributed by atoms with Crippen molar-refractivity contribution >= 4 is 5.97 Å². The molecule has 0 amide bonds. The van der Waals surface area contributed by atoms with E-state index in [0.717, 1.165) is 26.1 Å². The van der Waals surface area contributed by atoms with E-state index in [1.165, 1.54) is 11.1 Å². The van der Waals surface area contributed by atoms with Gasteiger partial charge in [-0.1, -0.05) is 29.8 Å². The van der Waals surface area contributed by atoms with E-state index in [9.17, 15) is 4.79 Å². The normalized spacial score (nSPS) is 23.0. The highest BCUT2D eigenvalue weighted by molar-refractivity contribution is 5.69. The number of carbonyl (C=O) groups is 1. The lowest BCUT2D eigenvalue weighted by atomic mass is 9.91. The van der Waals surface area contributed by atoms with Crippen molar-refractivity contribution in [3.63, 3.8) is 0 Å². The van der Waals surface area contributed by atoms with E-state index in [1.807, 2.05) is 6.92 Å². The number of hydrogen-bond donors (Lipinski definition) is 1. The summed E-state index contributed by atoms with van der Waals surface area (Å²) in [5.74, 6) is 0.199. The molecule has 4 nitrogen and oxygen atoms in total. The van der Waals surface area contributed by atoms with Crippen LogP contribution in [-0.4, -0.2) is 36.6 Å². The molecule has 1 fully saturated rings. The zero-order valence-corrected chi connectivity index (χ0v) is 13.0. The highest BCUT2D eigenvalue weighted by atomic mass is 16.5. The quantitative estimate of drug-likeness (QED) is 0.844. The maximum absolute atomic E-state index is 11.6. The number of nitrogens with zero attached hydrogens (tertiary/aromatic N) is 1. The predicted octanol–water partition coefficient (Wildman–Crippen LogP) is 2.10. The standard InChI is InChI=1S/C17H26N2O2/c1-3-21-17(20)9-15-8-16(18)12-19(11-15)10-14-6-4-13(2)5-7-14/h4-7,15-16H,3,8-12,18H2,1-2H3. The second kappa shape index (κ2) is 7.57. The van der Waals surface area contributed by atoms with Crippen molar-refractivity contribution in [3.05, 3.63) is 35.4 Å². The zero-order valence-electron chi connectivity index (χ0n) is 13.0. The second-order valence-electron chi connectivity index (χ2n) is 6.05. The molecule has 0 bridgehead atoms. The van der Waals surface area contributed by atoms with E-state index in [0.29, 0.717) is 18.9 Å². The lowest BCUT2D eigenvalue weighted by Crippen LogP contribution is -2.47. The van der Waals surface area contributed by atoms with Gasteiger partial charge in [0.1, 0.15) is 0 Å². The Labute approximate surface area is 127 Å². The molecular formula is C17H26N2O2. The summed E-state index contributed by atoms with van der Waals surface area (Å²) in [7, 11) is 0. The zero-order chi connectivity index (χ0) is 15.2. The average Bonchev–Trinajstić information content (AvgIpc) is 2.41. The van der Waals surface area contributed by atoms with Gasteiger partial charge in [-0.15, -0.1) is 0 Å². The van der Waals surface area contributed by atoms with Gasteiger partial charge in [-0.25, -0.2) is 0 Å². The van der Waals surface area contributed by atoms with Crippen molar-refractivity contribution in [2.75, 3.05) is 19.7 Å². The molecule has 1 aromatic carbocycles. The molecule has 0 aliphatic carbocycles. The van der Waals surface area contributed by atoms with Crippen LogP contribution in [0.5, 0.6) is 0 Å². The van der Waals surface area contributed by atoms with Crippen molar-refractivity contribution in [2.45, 2.75) is 39.3 Å². The third-order valence-corrected chi connectivity index (χ3v) is 3.93. The lowest BCUT2D eigenvalue weighted by molar-refractivity contribution is -0.144. The summed E-state index contributed by atoms with van der Waals surface area (Å²) in [6.45, 7) is 7.09. The van der Waals surface area contributed by atoms with Crippen LogP contribution in [0.2, 0.25) is 0 Å². The molecule has 0 radical (unpaired) electrons.